The van der Waals surface area contributed by atoms with Gasteiger partial charge in [-0.15, -0.1) is 0 Å². The van der Waals surface area contributed by atoms with Crippen molar-refractivity contribution in [2.45, 2.75) is 91.3 Å². The maximum absolute atomic E-state index is 12.3. The number of carboxylic acid groups (broad SMARTS) is 1. The molecule has 7 atom stereocenters. The van der Waals surface area contributed by atoms with Crippen molar-refractivity contribution in [3.8, 4) is 0 Å². The Hall–Kier alpha value is -2.13. The van der Waals surface area contributed by atoms with Crippen LogP contribution in [0.15, 0.2) is 17.1 Å². The molecule has 0 spiro atoms. The van der Waals surface area contributed by atoms with Gasteiger partial charge in [0.15, 0.2) is 0 Å². The number of rotatable bonds is 4. The fraction of sp³-hybridized carbons (Fsp3) is 0.815. The minimum atomic E-state index is -1.32. The van der Waals surface area contributed by atoms with Gasteiger partial charge in [-0.3, -0.25) is 15.6 Å². The summed E-state index contributed by atoms with van der Waals surface area (Å²) in [6, 6.07) is 0. The van der Waals surface area contributed by atoms with Crippen LogP contribution in [-0.4, -0.2) is 58.3 Å². The van der Waals surface area contributed by atoms with Gasteiger partial charge in [0, 0.05) is 13.2 Å². The quantitative estimate of drug-likeness (QED) is 0.218. The molecule has 3 aliphatic rings. The molecule has 0 heterocycles. The van der Waals surface area contributed by atoms with Gasteiger partial charge in [0.1, 0.15) is 5.60 Å². The van der Waals surface area contributed by atoms with Crippen LogP contribution >= 0.6 is 0 Å². The molecular weight excluding hydrogens is 462 g/mol. The van der Waals surface area contributed by atoms with Crippen molar-refractivity contribution in [2.24, 2.45) is 39.5 Å². The van der Waals surface area contributed by atoms with E-state index < -0.39 is 23.9 Å². The van der Waals surface area contributed by atoms with Crippen molar-refractivity contribution in [1.82, 2.24) is 10.6 Å². The summed E-state index contributed by atoms with van der Waals surface area (Å²) in [4.78, 5) is 28.4. The minimum Gasteiger partial charge on any atom is -0.465 e. The summed E-state index contributed by atoms with van der Waals surface area (Å²) in [6.07, 6.45) is 3.56. The summed E-state index contributed by atoms with van der Waals surface area (Å²) in [7, 11) is 0. The Bertz CT molecular complexity index is 883. The number of hydrogen-bond donors (Lipinski definition) is 5. The van der Waals surface area contributed by atoms with E-state index in [-0.39, 0.29) is 41.2 Å². The van der Waals surface area contributed by atoms with Gasteiger partial charge in [0.2, 0.25) is 5.96 Å². The monoisotopic (exact) mass is 507 g/mol. The fourth-order valence-electron chi connectivity index (χ4n) is 7.24. The van der Waals surface area contributed by atoms with Gasteiger partial charge in [-0.1, -0.05) is 26.0 Å². The predicted molar refractivity (Wildman–Crippen MR) is 138 cm³/mol. The average Bonchev–Trinajstić information content (AvgIpc) is 3.06. The van der Waals surface area contributed by atoms with E-state index in [0.717, 1.165) is 32.1 Å². The van der Waals surface area contributed by atoms with Crippen LogP contribution in [0.2, 0.25) is 0 Å². The molecule has 36 heavy (non-hydrogen) atoms. The van der Waals surface area contributed by atoms with Crippen molar-refractivity contribution < 1.29 is 29.6 Å². The molecule has 9 heteroatoms. The van der Waals surface area contributed by atoms with Gasteiger partial charge in [0.05, 0.1) is 6.10 Å². The molecule has 3 fully saturated rings. The van der Waals surface area contributed by atoms with E-state index in [1.54, 1.807) is 20.8 Å². The zero-order valence-electron chi connectivity index (χ0n) is 22.5. The molecule has 0 saturated heterocycles. The number of alkyl carbamates (subject to hydrolysis) is 1. The lowest BCUT2D eigenvalue weighted by atomic mass is 9.49. The lowest BCUT2D eigenvalue weighted by Gasteiger charge is -2.56. The summed E-state index contributed by atoms with van der Waals surface area (Å²) in [6.45, 7) is 14.5. The normalized spacial score (nSPS) is 37.2. The van der Waals surface area contributed by atoms with Crippen LogP contribution in [0.3, 0.4) is 0 Å². The summed E-state index contributed by atoms with van der Waals surface area (Å²) in [5.74, 6) is 0.514. The number of carbonyl (C=O) groups is 2. The number of allylic oxidation sites excluding steroid dienone is 1. The molecule has 9 nitrogen and oxygen atoms in total. The summed E-state index contributed by atoms with van der Waals surface area (Å²) in [5.41, 5.74) is 0.352. The molecule has 0 bridgehead atoms. The number of carbonyl (C=O) groups excluding carboxylic acids is 1. The van der Waals surface area contributed by atoms with E-state index in [0.29, 0.717) is 25.3 Å². The van der Waals surface area contributed by atoms with Crippen molar-refractivity contribution >= 4 is 18.1 Å². The molecule has 0 aromatic carbocycles. The van der Waals surface area contributed by atoms with Gasteiger partial charge >= 0.3 is 12.2 Å². The largest absolute Gasteiger partial charge is 0.465 e. The second-order valence-electron chi connectivity index (χ2n) is 12.5. The number of amides is 2. The van der Waals surface area contributed by atoms with Gasteiger partial charge in [-0.05, 0) is 100 Å². The Morgan fingerprint density at radius 3 is 2.44 bits per heavy atom. The molecule has 0 aromatic rings. The van der Waals surface area contributed by atoms with Crippen LogP contribution in [0.25, 0.3) is 0 Å². The number of aliphatic hydroxyl groups excluding tert-OH is 2. The van der Waals surface area contributed by atoms with Gasteiger partial charge in [-0.2, -0.15) is 0 Å². The van der Waals surface area contributed by atoms with E-state index >= 15 is 0 Å². The molecule has 5 N–H and O–H groups in total. The third kappa shape index (κ3) is 6.05. The standard InChI is InChI=1S/C27H45N3O6/c1-16-7-8-20-19(14-28-22(29-23(33)34)30-24(35)36-25(2,3)4)21(10-12-26(16,20)5)27(6)11-9-18(32)13-17(27)15-31/h17-21,31-32H,1,7-15H2,2-6H3,(H,33,34)(H2,28,29,30,35)/t17-,18+,19+,20+,21+,26-,27-/m1/s1. The molecule has 3 aliphatic carbocycles. The van der Waals surface area contributed by atoms with Crippen LogP contribution in [0.5, 0.6) is 0 Å². The number of aliphatic hydroxyl groups is 2. The van der Waals surface area contributed by atoms with E-state index in [2.05, 4.69) is 36.1 Å². The maximum atomic E-state index is 12.3. The van der Waals surface area contributed by atoms with Crippen LogP contribution in [0.4, 0.5) is 9.59 Å². The number of aliphatic imine (C=N–C) groups is 1. The Morgan fingerprint density at radius 2 is 1.83 bits per heavy atom. The predicted octanol–water partition coefficient (Wildman–Crippen LogP) is 4.29. The lowest BCUT2D eigenvalue weighted by Crippen LogP contribution is -2.52. The highest BCUT2D eigenvalue weighted by Crippen LogP contribution is 2.63. The third-order valence-electron chi connectivity index (χ3n) is 9.27. The van der Waals surface area contributed by atoms with Gasteiger partial charge in [0.25, 0.3) is 0 Å². The molecule has 0 aliphatic heterocycles. The molecule has 3 saturated carbocycles. The SMILES string of the molecule is C=C1CC[C@H]2[C@H](CN=C(NC(=O)O)NC(=O)OC(C)(C)C)[C@@H]([C@]3(C)CC[C@H](O)C[C@@H]3CO)CC[C@]12C. The smallest absolute Gasteiger partial charge is 0.414 e. The zero-order chi connectivity index (χ0) is 26.9. The second kappa shape index (κ2) is 10.7. The maximum Gasteiger partial charge on any atom is 0.414 e. The number of hydrogen-bond acceptors (Lipinski definition) is 6. The van der Waals surface area contributed by atoms with E-state index in [1.165, 1.54) is 5.57 Å². The number of nitrogens with one attached hydrogen (secondary N) is 2. The first-order valence-electron chi connectivity index (χ1n) is 13.2. The number of ether oxygens (including phenoxy) is 1. The average molecular weight is 508 g/mol. The van der Waals surface area contributed by atoms with E-state index in [4.69, 9.17) is 4.74 Å². The lowest BCUT2D eigenvalue weighted by molar-refractivity contribution is -0.0916. The number of fused-ring (bicyclic) bond motifs is 1. The first-order valence-corrected chi connectivity index (χ1v) is 13.2. The first kappa shape index (κ1) is 28.4. The fourth-order valence-corrected chi connectivity index (χ4v) is 7.24. The molecule has 204 valence electrons. The highest BCUT2D eigenvalue weighted by Gasteiger charge is 2.56. The summed E-state index contributed by atoms with van der Waals surface area (Å²) < 4.78 is 5.29. The number of nitrogens with zero attached hydrogens (tertiary/aromatic N) is 1. The van der Waals surface area contributed by atoms with Crippen molar-refractivity contribution in [1.29, 1.82) is 0 Å². The zero-order valence-corrected chi connectivity index (χ0v) is 22.5. The third-order valence-corrected chi connectivity index (χ3v) is 9.27. The van der Waals surface area contributed by atoms with Crippen molar-refractivity contribution in [3.05, 3.63) is 12.2 Å². The van der Waals surface area contributed by atoms with E-state index in [9.17, 15) is 24.9 Å². The van der Waals surface area contributed by atoms with Crippen LogP contribution in [0, 0.1) is 34.5 Å². The summed E-state index contributed by atoms with van der Waals surface area (Å²) in [5, 5.41) is 34.6. The van der Waals surface area contributed by atoms with Gasteiger partial charge < -0.3 is 20.1 Å². The Kier molecular flexibility index (Phi) is 8.45. The minimum absolute atomic E-state index is 0.00504. The first-order chi connectivity index (χ1) is 16.7. The highest BCUT2D eigenvalue weighted by atomic mass is 16.6. The Balaban J connectivity index is 1.92. The molecule has 0 unspecified atom stereocenters. The number of guanidine groups is 1. The Labute approximate surface area is 214 Å². The van der Waals surface area contributed by atoms with Crippen molar-refractivity contribution in [3.63, 3.8) is 0 Å². The van der Waals surface area contributed by atoms with Crippen LogP contribution < -0.4 is 10.6 Å². The highest BCUT2D eigenvalue weighted by molar-refractivity contribution is 6.00. The molecule has 3 rings (SSSR count). The summed E-state index contributed by atoms with van der Waals surface area (Å²) >= 11 is 0. The van der Waals surface area contributed by atoms with Crippen LogP contribution in [0.1, 0.15) is 79.6 Å². The Morgan fingerprint density at radius 1 is 1.14 bits per heavy atom. The second-order valence-corrected chi connectivity index (χ2v) is 12.5. The molecule has 0 aromatic heterocycles. The van der Waals surface area contributed by atoms with Crippen molar-refractivity contribution in [2.75, 3.05) is 13.2 Å². The molecule has 2 amide bonds. The van der Waals surface area contributed by atoms with Crippen LogP contribution in [-0.2, 0) is 4.74 Å². The topological polar surface area (TPSA) is 140 Å². The molecular formula is C27H45N3O6. The van der Waals surface area contributed by atoms with Gasteiger partial charge in [-0.25, -0.2) is 9.59 Å². The van der Waals surface area contributed by atoms with E-state index in [1.807, 2.05) is 0 Å². The molecule has 0 radical (unpaired) electrons.